The molecule has 106 valence electrons. The average Bonchev–Trinajstić information content (AvgIpc) is 2.31. The van der Waals surface area contributed by atoms with Gasteiger partial charge < -0.3 is 15.8 Å². The molecular weight excluding hydrogens is 370 g/mol. The van der Waals surface area contributed by atoms with Crippen LogP contribution in [0.5, 0.6) is 5.75 Å². The fraction of sp³-hybridized carbons (Fsp3) is 0.200. The predicted octanol–water partition coefficient (Wildman–Crippen LogP) is 4.54. The van der Waals surface area contributed by atoms with Crippen LogP contribution in [0, 0.1) is 9.39 Å². The molecule has 3 nitrogen and oxygen atoms in total. The highest BCUT2D eigenvalue weighted by Crippen LogP contribution is 2.28. The highest BCUT2D eigenvalue weighted by atomic mass is 127. The van der Waals surface area contributed by atoms with Gasteiger partial charge in [0, 0.05) is 27.1 Å². The molecule has 0 aliphatic carbocycles. The Hall–Kier alpha value is -1.50. The van der Waals surface area contributed by atoms with E-state index in [2.05, 4.69) is 27.9 Å². The molecule has 0 aliphatic rings. The van der Waals surface area contributed by atoms with E-state index in [1.807, 2.05) is 26.0 Å². The van der Waals surface area contributed by atoms with Crippen molar-refractivity contribution in [3.8, 4) is 5.75 Å². The van der Waals surface area contributed by atoms with Crippen LogP contribution in [0.15, 0.2) is 36.4 Å². The van der Waals surface area contributed by atoms with Crippen LogP contribution in [-0.4, -0.2) is 6.10 Å². The first-order valence-electron chi connectivity index (χ1n) is 6.23. The van der Waals surface area contributed by atoms with Crippen molar-refractivity contribution in [3.05, 3.63) is 45.8 Å². The molecule has 0 aromatic heterocycles. The van der Waals surface area contributed by atoms with E-state index in [-0.39, 0.29) is 11.9 Å². The van der Waals surface area contributed by atoms with Crippen molar-refractivity contribution in [2.24, 2.45) is 0 Å². The molecule has 5 heteroatoms. The standard InChI is InChI=1S/C15H16FIN2O/c1-9(2)20-13-7-11(18)6-12(8-13)19-15-4-3-10(16)5-14(15)17/h3-9,19H,18H2,1-2H3. The molecular formula is C15H16FIN2O. The first kappa shape index (κ1) is 14.9. The number of hydrogen-bond acceptors (Lipinski definition) is 3. The van der Waals surface area contributed by atoms with Gasteiger partial charge in [-0.05, 0) is 60.7 Å². The Morgan fingerprint density at radius 3 is 2.60 bits per heavy atom. The van der Waals surface area contributed by atoms with Crippen LogP contribution >= 0.6 is 22.6 Å². The Balaban J connectivity index is 2.26. The van der Waals surface area contributed by atoms with Crippen LogP contribution in [0.3, 0.4) is 0 Å². The molecule has 0 saturated carbocycles. The highest BCUT2D eigenvalue weighted by Gasteiger charge is 2.05. The lowest BCUT2D eigenvalue weighted by Crippen LogP contribution is -2.06. The van der Waals surface area contributed by atoms with Gasteiger partial charge in [-0.3, -0.25) is 0 Å². The SMILES string of the molecule is CC(C)Oc1cc(N)cc(Nc2ccc(F)cc2I)c1. The Labute approximate surface area is 131 Å². The summed E-state index contributed by atoms with van der Waals surface area (Å²) in [6, 6.07) is 10.1. The van der Waals surface area contributed by atoms with Crippen LogP contribution in [0.2, 0.25) is 0 Å². The number of benzene rings is 2. The zero-order chi connectivity index (χ0) is 14.7. The molecule has 0 unspecified atom stereocenters. The normalized spacial score (nSPS) is 10.7. The molecule has 2 aromatic rings. The molecule has 3 N–H and O–H groups in total. The van der Waals surface area contributed by atoms with Gasteiger partial charge in [-0.2, -0.15) is 0 Å². The third-order valence-corrected chi connectivity index (χ3v) is 3.40. The largest absolute Gasteiger partial charge is 0.491 e. The van der Waals surface area contributed by atoms with Crippen LogP contribution < -0.4 is 15.8 Å². The monoisotopic (exact) mass is 386 g/mol. The lowest BCUT2D eigenvalue weighted by atomic mass is 10.2. The van der Waals surface area contributed by atoms with Gasteiger partial charge in [-0.1, -0.05) is 0 Å². The number of nitrogens with one attached hydrogen (secondary N) is 1. The number of rotatable bonds is 4. The zero-order valence-corrected chi connectivity index (χ0v) is 13.4. The van der Waals surface area contributed by atoms with Crippen molar-refractivity contribution >= 4 is 39.7 Å². The van der Waals surface area contributed by atoms with Gasteiger partial charge in [0.05, 0.1) is 11.8 Å². The fourth-order valence-electron chi connectivity index (χ4n) is 1.78. The van der Waals surface area contributed by atoms with Crippen molar-refractivity contribution in [3.63, 3.8) is 0 Å². The van der Waals surface area contributed by atoms with E-state index >= 15 is 0 Å². The maximum Gasteiger partial charge on any atom is 0.124 e. The van der Waals surface area contributed by atoms with Gasteiger partial charge in [0.2, 0.25) is 0 Å². The van der Waals surface area contributed by atoms with E-state index in [9.17, 15) is 4.39 Å². The summed E-state index contributed by atoms with van der Waals surface area (Å²) >= 11 is 2.09. The van der Waals surface area contributed by atoms with Crippen LogP contribution in [0.4, 0.5) is 21.5 Å². The third-order valence-electron chi connectivity index (χ3n) is 2.51. The molecule has 0 atom stereocenters. The van der Waals surface area contributed by atoms with Crippen molar-refractivity contribution in [1.82, 2.24) is 0 Å². The summed E-state index contributed by atoms with van der Waals surface area (Å²) in [4.78, 5) is 0. The minimum Gasteiger partial charge on any atom is -0.491 e. The van der Waals surface area contributed by atoms with E-state index < -0.39 is 0 Å². The first-order valence-corrected chi connectivity index (χ1v) is 7.31. The first-order chi connectivity index (χ1) is 9.44. The molecule has 0 fully saturated rings. The van der Waals surface area contributed by atoms with Gasteiger partial charge in [-0.15, -0.1) is 0 Å². The lowest BCUT2D eigenvalue weighted by Gasteiger charge is -2.14. The minimum atomic E-state index is -0.253. The maximum absolute atomic E-state index is 13.1. The molecule has 20 heavy (non-hydrogen) atoms. The molecule has 0 saturated heterocycles. The Morgan fingerprint density at radius 2 is 1.95 bits per heavy atom. The van der Waals surface area contributed by atoms with Crippen molar-refractivity contribution in [2.45, 2.75) is 20.0 Å². The highest BCUT2D eigenvalue weighted by molar-refractivity contribution is 14.1. The lowest BCUT2D eigenvalue weighted by molar-refractivity contribution is 0.242. The third kappa shape index (κ3) is 4.00. The predicted molar refractivity (Wildman–Crippen MR) is 89.0 cm³/mol. The van der Waals surface area contributed by atoms with E-state index in [4.69, 9.17) is 10.5 Å². The molecule has 0 spiro atoms. The van der Waals surface area contributed by atoms with Crippen LogP contribution in [0.25, 0.3) is 0 Å². The summed E-state index contributed by atoms with van der Waals surface area (Å²) in [5.74, 6) is 0.455. The molecule has 0 aliphatic heterocycles. The summed E-state index contributed by atoms with van der Waals surface area (Å²) in [6.07, 6.45) is 0.0793. The topological polar surface area (TPSA) is 47.3 Å². The van der Waals surface area contributed by atoms with Crippen molar-refractivity contribution in [1.29, 1.82) is 0 Å². The fourth-order valence-corrected chi connectivity index (χ4v) is 2.39. The zero-order valence-electron chi connectivity index (χ0n) is 11.3. The Bertz CT molecular complexity index is 617. The van der Waals surface area contributed by atoms with E-state index in [0.29, 0.717) is 11.4 Å². The van der Waals surface area contributed by atoms with E-state index in [1.165, 1.54) is 12.1 Å². The van der Waals surface area contributed by atoms with Gasteiger partial charge in [-0.25, -0.2) is 4.39 Å². The van der Waals surface area contributed by atoms with Crippen molar-refractivity contribution in [2.75, 3.05) is 11.1 Å². The minimum absolute atomic E-state index is 0.0793. The van der Waals surface area contributed by atoms with Crippen LogP contribution in [0.1, 0.15) is 13.8 Å². The van der Waals surface area contributed by atoms with Crippen molar-refractivity contribution < 1.29 is 9.13 Å². The van der Waals surface area contributed by atoms with Gasteiger partial charge in [0.15, 0.2) is 0 Å². The number of anilines is 3. The van der Waals surface area contributed by atoms with E-state index in [1.54, 1.807) is 12.1 Å². The Morgan fingerprint density at radius 1 is 1.20 bits per heavy atom. The number of hydrogen-bond donors (Lipinski definition) is 2. The quantitative estimate of drug-likeness (QED) is 0.599. The molecule has 2 rings (SSSR count). The van der Waals surface area contributed by atoms with Gasteiger partial charge >= 0.3 is 0 Å². The average molecular weight is 386 g/mol. The number of halogens is 2. The second kappa shape index (κ2) is 6.30. The summed E-state index contributed by atoms with van der Waals surface area (Å²) < 4.78 is 19.5. The summed E-state index contributed by atoms with van der Waals surface area (Å²) in [5, 5.41) is 3.22. The number of nitrogens with two attached hydrogens (primary N) is 1. The summed E-state index contributed by atoms with van der Waals surface area (Å²) in [6.45, 7) is 3.92. The van der Waals surface area contributed by atoms with Gasteiger partial charge in [0.25, 0.3) is 0 Å². The van der Waals surface area contributed by atoms with Gasteiger partial charge in [0.1, 0.15) is 11.6 Å². The molecule has 2 aromatic carbocycles. The molecule has 0 bridgehead atoms. The summed E-state index contributed by atoms with van der Waals surface area (Å²) in [5.41, 5.74) is 8.12. The molecule has 0 heterocycles. The summed E-state index contributed by atoms with van der Waals surface area (Å²) in [7, 11) is 0. The van der Waals surface area contributed by atoms with E-state index in [0.717, 1.165) is 14.9 Å². The van der Waals surface area contributed by atoms with Crippen LogP contribution in [-0.2, 0) is 0 Å². The molecule has 0 radical (unpaired) electrons. The number of ether oxygens (including phenoxy) is 1. The second-order valence-corrected chi connectivity index (χ2v) is 5.87. The Kier molecular flexibility index (Phi) is 4.69. The smallest absolute Gasteiger partial charge is 0.124 e. The maximum atomic E-state index is 13.1. The number of nitrogen functional groups attached to an aromatic ring is 1. The molecule has 0 amide bonds. The second-order valence-electron chi connectivity index (χ2n) is 4.71.